The molecule has 2 amide bonds. The summed E-state index contributed by atoms with van der Waals surface area (Å²) in [5.74, 6) is 0.456. The van der Waals surface area contributed by atoms with Gasteiger partial charge in [-0.3, -0.25) is 9.59 Å². The van der Waals surface area contributed by atoms with E-state index in [4.69, 9.17) is 9.47 Å². The maximum absolute atomic E-state index is 12.9. The predicted molar refractivity (Wildman–Crippen MR) is 110 cm³/mol. The Kier molecular flexibility index (Phi) is 7.04. The number of rotatable bonds is 7. The van der Waals surface area contributed by atoms with Gasteiger partial charge < -0.3 is 20.1 Å². The third kappa shape index (κ3) is 5.03. The van der Waals surface area contributed by atoms with Crippen LogP contribution in [0.5, 0.6) is 11.5 Å². The van der Waals surface area contributed by atoms with Crippen molar-refractivity contribution in [3.8, 4) is 11.5 Å². The van der Waals surface area contributed by atoms with Gasteiger partial charge in [0.25, 0.3) is 5.91 Å². The molecule has 0 fully saturated rings. The van der Waals surface area contributed by atoms with Gasteiger partial charge in [0.05, 0.1) is 14.2 Å². The van der Waals surface area contributed by atoms with Crippen molar-refractivity contribution < 1.29 is 19.1 Å². The molecule has 0 aliphatic carbocycles. The number of carbonyl (C=O) groups excluding carboxylic acids is 2. The maximum Gasteiger partial charge on any atom is 0.251 e. The lowest BCUT2D eigenvalue weighted by molar-refractivity contribution is -0.118. The molecule has 2 rings (SSSR count). The van der Waals surface area contributed by atoms with Gasteiger partial charge in [0.1, 0.15) is 6.04 Å². The molecule has 0 spiro atoms. The Morgan fingerprint density at radius 2 is 1.50 bits per heavy atom. The molecule has 1 atom stereocenters. The molecule has 6 heteroatoms. The Bertz CT molecular complexity index is 844. The summed E-state index contributed by atoms with van der Waals surface area (Å²) in [7, 11) is 3.10. The van der Waals surface area contributed by atoms with E-state index in [1.165, 1.54) is 7.11 Å². The van der Waals surface area contributed by atoms with Gasteiger partial charge in [0.2, 0.25) is 5.91 Å². The second kappa shape index (κ2) is 9.26. The largest absolute Gasteiger partial charge is 0.493 e. The van der Waals surface area contributed by atoms with Crippen LogP contribution >= 0.6 is 0 Å². The Morgan fingerprint density at radius 1 is 0.929 bits per heavy atom. The first kappa shape index (κ1) is 21.3. The van der Waals surface area contributed by atoms with Crippen molar-refractivity contribution in [2.24, 2.45) is 5.92 Å². The molecular weight excluding hydrogens is 356 g/mol. The number of hydrogen-bond donors (Lipinski definition) is 2. The van der Waals surface area contributed by atoms with E-state index >= 15 is 0 Å². The predicted octanol–water partition coefficient (Wildman–Crippen LogP) is 3.71. The van der Waals surface area contributed by atoms with E-state index in [0.717, 1.165) is 11.1 Å². The summed E-state index contributed by atoms with van der Waals surface area (Å²) in [5, 5.41) is 5.73. The topological polar surface area (TPSA) is 76.7 Å². The van der Waals surface area contributed by atoms with Crippen LogP contribution in [0.4, 0.5) is 5.69 Å². The van der Waals surface area contributed by atoms with Crippen LogP contribution in [-0.4, -0.2) is 32.1 Å². The normalized spacial score (nSPS) is 11.7. The number of aryl methyl sites for hydroxylation is 2. The van der Waals surface area contributed by atoms with Crippen molar-refractivity contribution in [2.45, 2.75) is 33.7 Å². The van der Waals surface area contributed by atoms with E-state index in [-0.39, 0.29) is 17.7 Å². The fraction of sp³-hybridized carbons (Fsp3) is 0.364. The number of hydrogen-bond acceptors (Lipinski definition) is 4. The van der Waals surface area contributed by atoms with Crippen LogP contribution in [0.1, 0.15) is 35.3 Å². The zero-order valence-electron chi connectivity index (χ0n) is 17.3. The number of amides is 2. The van der Waals surface area contributed by atoms with Crippen molar-refractivity contribution in [3.05, 3.63) is 53.1 Å². The third-order valence-electron chi connectivity index (χ3n) is 4.54. The van der Waals surface area contributed by atoms with E-state index in [1.54, 1.807) is 31.4 Å². The lowest BCUT2D eigenvalue weighted by Crippen LogP contribution is -2.47. The number of anilines is 1. The van der Waals surface area contributed by atoms with Crippen LogP contribution in [-0.2, 0) is 4.79 Å². The zero-order chi connectivity index (χ0) is 20.8. The first-order chi connectivity index (χ1) is 13.3. The summed E-state index contributed by atoms with van der Waals surface area (Å²) >= 11 is 0. The summed E-state index contributed by atoms with van der Waals surface area (Å²) in [6.07, 6.45) is 0. The van der Waals surface area contributed by atoms with Crippen molar-refractivity contribution in [3.63, 3.8) is 0 Å². The summed E-state index contributed by atoms with van der Waals surface area (Å²) < 4.78 is 10.6. The summed E-state index contributed by atoms with van der Waals surface area (Å²) in [6, 6.07) is 10.1. The monoisotopic (exact) mass is 384 g/mol. The Labute approximate surface area is 166 Å². The molecule has 0 radical (unpaired) electrons. The zero-order valence-corrected chi connectivity index (χ0v) is 17.3. The summed E-state index contributed by atoms with van der Waals surface area (Å²) in [4.78, 5) is 25.4. The maximum atomic E-state index is 12.9. The molecular formula is C22H28N2O4. The molecule has 2 N–H and O–H groups in total. The molecule has 0 saturated carbocycles. The van der Waals surface area contributed by atoms with E-state index in [0.29, 0.717) is 22.7 Å². The van der Waals surface area contributed by atoms with Crippen LogP contribution in [0.2, 0.25) is 0 Å². The number of ether oxygens (including phenoxy) is 2. The van der Waals surface area contributed by atoms with Crippen LogP contribution in [0, 0.1) is 19.8 Å². The minimum Gasteiger partial charge on any atom is -0.493 e. The van der Waals surface area contributed by atoms with Crippen molar-refractivity contribution in [1.82, 2.24) is 5.32 Å². The van der Waals surface area contributed by atoms with Gasteiger partial charge in [-0.1, -0.05) is 31.5 Å². The molecule has 28 heavy (non-hydrogen) atoms. The highest BCUT2D eigenvalue weighted by Crippen LogP contribution is 2.33. The lowest BCUT2D eigenvalue weighted by Gasteiger charge is -2.23. The van der Waals surface area contributed by atoms with Gasteiger partial charge in [-0.2, -0.15) is 0 Å². The Morgan fingerprint density at radius 3 is 2.04 bits per heavy atom. The quantitative estimate of drug-likeness (QED) is 0.763. The standard InChI is InChI=1S/C22H28N2O4/c1-13(2)20(24-21(25)16-9-7-14(3)8-10-16)22(26)23-17-12-19(28-6)18(27-5)11-15(17)4/h7-13,20H,1-6H3,(H,23,26)(H,24,25). The lowest BCUT2D eigenvalue weighted by atomic mass is 10.0. The molecule has 0 aliphatic heterocycles. The van der Waals surface area contributed by atoms with Crippen LogP contribution in [0.15, 0.2) is 36.4 Å². The minimum absolute atomic E-state index is 0.0881. The Balaban J connectivity index is 2.19. The van der Waals surface area contributed by atoms with Gasteiger partial charge in [0.15, 0.2) is 11.5 Å². The van der Waals surface area contributed by atoms with Gasteiger partial charge in [-0.15, -0.1) is 0 Å². The SMILES string of the molecule is COc1cc(C)c(NC(=O)C(NC(=O)c2ccc(C)cc2)C(C)C)cc1OC. The summed E-state index contributed by atoms with van der Waals surface area (Å²) in [6.45, 7) is 7.60. The second-order valence-corrected chi connectivity index (χ2v) is 7.07. The number of benzene rings is 2. The third-order valence-corrected chi connectivity index (χ3v) is 4.54. The smallest absolute Gasteiger partial charge is 0.251 e. The molecule has 2 aromatic carbocycles. The van der Waals surface area contributed by atoms with Crippen molar-refractivity contribution in [1.29, 1.82) is 0 Å². The highest BCUT2D eigenvalue weighted by Gasteiger charge is 2.25. The van der Waals surface area contributed by atoms with Gasteiger partial charge in [-0.05, 0) is 43.5 Å². The van der Waals surface area contributed by atoms with Crippen molar-refractivity contribution >= 4 is 17.5 Å². The average molecular weight is 384 g/mol. The van der Waals surface area contributed by atoms with Gasteiger partial charge in [0, 0.05) is 17.3 Å². The Hall–Kier alpha value is -3.02. The molecule has 150 valence electrons. The number of carbonyl (C=O) groups is 2. The molecule has 0 aliphatic rings. The van der Waals surface area contributed by atoms with Crippen molar-refractivity contribution in [2.75, 3.05) is 19.5 Å². The highest BCUT2D eigenvalue weighted by atomic mass is 16.5. The molecule has 0 heterocycles. The van der Waals surface area contributed by atoms with E-state index in [2.05, 4.69) is 10.6 Å². The molecule has 0 bridgehead atoms. The highest BCUT2D eigenvalue weighted by molar-refractivity contribution is 6.01. The molecule has 2 aromatic rings. The van der Waals surface area contributed by atoms with Crippen LogP contribution in [0.3, 0.4) is 0 Å². The van der Waals surface area contributed by atoms with Crippen LogP contribution < -0.4 is 20.1 Å². The first-order valence-corrected chi connectivity index (χ1v) is 9.17. The van der Waals surface area contributed by atoms with Gasteiger partial charge in [-0.25, -0.2) is 0 Å². The molecule has 1 unspecified atom stereocenters. The fourth-order valence-electron chi connectivity index (χ4n) is 2.79. The minimum atomic E-state index is -0.679. The second-order valence-electron chi connectivity index (χ2n) is 7.07. The summed E-state index contributed by atoms with van der Waals surface area (Å²) in [5.41, 5.74) is 3.03. The number of nitrogens with one attached hydrogen (secondary N) is 2. The average Bonchev–Trinajstić information content (AvgIpc) is 2.67. The van der Waals surface area contributed by atoms with E-state index in [1.807, 2.05) is 39.8 Å². The fourth-order valence-corrected chi connectivity index (χ4v) is 2.79. The molecule has 0 aromatic heterocycles. The molecule has 6 nitrogen and oxygen atoms in total. The van der Waals surface area contributed by atoms with Crippen LogP contribution in [0.25, 0.3) is 0 Å². The first-order valence-electron chi connectivity index (χ1n) is 9.17. The van der Waals surface area contributed by atoms with Gasteiger partial charge >= 0.3 is 0 Å². The molecule has 0 saturated heterocycles. The van der Waals surface area contributed by atoms with E-state index in [9.17, 15) is 9.59 Å². The number of methoxy groups -OCH3 is 2. The van der Waals surface area contributed by atoms with E-state index < -0.39 is 6.04 Å².